The fourth-order valence-corrected chi connectivity index (χ4v) is 3.28. The van der Waals surface area contributed by atoms with E-state index in [1.165, 1.54) is 0 Å². The summed E-state index contributed by atoms with van der Waals surface area (Å²) in [5.74, 6) is 0.209. The van der Waals surface area contributed by atoms with Gasteiger partial charge in [-0.3, -0.25) is 0 Å². The number of nitrogens with zero attached hydrogens (tertiary/aromatic N) is 2. The van der Waals surface area contributed by atoms with Crippen molar-refractivity contribution in [1.82, 2.24) is 9.21 Å². The molecule has 1 aliphatic heterocycles. The van der Waals surface area contributed by atoms with Crippen LogP contribution in [0.25, 0.3) is 0 Å². The lowest BCUT2D eigenvalue weighted by atomic mass is 10.3. The molecular weight excluding hydrogens is 200 g/mol. The molecule has 0 saturated carbocycles. The van der Waals surface area contributed by atoms with E-state index in [2.05, 4.69) is 4.90 Å². The summed E-state index contributed by atoms with van der Waals surface area (Å²) in [6.07, 6.45) is 0.931. The second-order valence-corrected chi connectivity index (χ2v) is 6.19. The van der Waals surface area contributed by atoms with Gasteiger partial charge in [-0.1, -0.05) is 0 Å². The van der Waals surface area contributed by atoms with Gasteiger partial charge in [0.25, 0.3) is 0 Å². The average Bonchev–Trinajstić information content (AvgIpc) is 2.27. The zero-order valence-electron chi connectivity index (χ0n) is 9.23. The fraction of sp³-hybridized carbons (Fsp3) is 1.00. The van der Waals surface area contributed by atoms with Crippen LogP contribution in [0.3, 0.4) is 0 Å². The van der Waals surface area contributed by atoms with Crippen LogP contribution in [0.2, 0.25) is 0 Å². The number of likely N-dealkylation sites (N-methyl/N-ethyl adjacent to an activating group) is 1. The quantitative estimate of drug-likeness (QED) is 0.675. The van der Waals surface area contributed by atoms with E-state index in [1.807, 2.05) is 14.0 Å². The third kappa shape index (κ3) is 2.68. The molecule has 14 heavy (non-hydrogen) atoms. The van der Waals surface area contributed by atoms with Gasteiger partial charge in [0.15, 0.2) is 0 Å². The summed E-state index contributed by atoms with van der Waals surface area (Å²) in [4.78, 5) is 2.19. The molecule has 0 spiro atoms. The lowest BCUT2D eigenvalue weighted by Crippen LogP contribution is -2.42. The van der Waals surface area contributed by atoms with E-state index in [9.17, 15) is 8.42 Å². The molecule has 1 unspecified atom stereocenters. The molecule has 4 nitrogen and oxygen atoms in total. The molecule has 1 fully saturated rings. The summed E-state index contributed by atoms with van der Waals surface area (Å²) in [6.45, 7) is 6.17. The van der Waals surface area contributed by atoms with Crippen LogP contribution in [-0.4, -0.2) is 56.1 Å². The third-order valence-electron chi connectivity index (χ3n) is 2.71. The smallest absolute Gasteiger partial charge is 0.214 e. The molecule has 0 amide bonds. The summed E-state index contributed by atoms with van der Waals surface area (Å²) < 4.78 is 25.1. The zero-order valence-corrected chi connectivity index (χ0v) is 10.0. The van der Waals surface area contributed by atoms with Crippen LogP contribution in [0, 0.1) is 0 Å². The van der Waals surface area contributed by atoms with Crippen molar-refractivity contribution in [3.63, 3.8) is 0 Å². The van der Waals surface area contributed by atoms with Gasteiger partial charge >= 0.3 is 0 Å². The molecule has 0 radical (unpaired) electrons. The summed E-state index contributed by atoms with van der Waals surface area (Å²) in [5, 5.41) is 0. The first-order valence-corrected chi connectivity index (χ1v) is 6.76. The summed E-state index contributed by atoms with van der Waals surface area (Å²) in [6, 6.07) is 0.104. The molecule has 0 bridgehead atoms. The molecule has 1 atom stereocenters. The molecule has 0 N–H and O–H groups in total. The molecule has 0 aliphatic carbocycles. The van der Waals surface area contributed by atoms with Crippen LogP contribution in [0.1, 0.15) is 20.3 Å². The lowest BCUT2D eigenvalue weighted by Gasteiger charge is -2.26. The van der Waals surface area contributed by atoms with Gasteiger partial charge in [-0.25, -0.2) is 8.42 Å². The summed E-state index contributed by atoms with van der Waals surface area (Å²) >= 11 is 0. The Hall–Kier alpha value is -0.130. The topological polar surface area (TPSA) is 40.6 Å². The first-order chi connectivity index (χ1) is 6.47. The molecule has 0 aromatic carbocycles. The zero-order chi connectivity index (χ0) is 10.8. The lowest BCUT2D eigenvalue weighted by molar-refractivity contribution is 0.291. The average molecular weight is 220 g/mol. The largest absolute Gasteiger partial charge is 0.305 e. The van der Waals surface area contributed by atoms with Crippen molar-refractivity contribution >= 4 is 10.0 Å². The SMILES string of the molecule is CCS(=O)(=O)N1CCCN(C)CC1C. The van der Waals surface area contributed by atoms with Gasteiger partial charge in [0, 0.05) is 19.1 Å². The minimum absolute atomic E-state index is 0.104. The monoisotopic (exact) mass is 220 g/mol. The van der Waals surface area contributed by atoms with Crippen LogP contribution in [0.5, 0.6) is 0 Å². The highest BCUT2D eigenvalue weighted by Gasteiger charge is 2.28. The highest BCUT2D eigenvalue weighted by molar-refractivity contribution is 7.89. The number of hydrogen-bond acceptors (Lipinski definition) is 3. The van der Waals surface area contributed by atoms with E-state index in [4.69, 9.17) is 0 Å². The van der Waals surface area contributed by atoms with Crippen molar-refractivity contribution in [1.29, 1.82) is 0 Å². The van der Waals surface area contributed by atoms with Gasteiger partial charge in [-0.05, 0) is 33.9 Å². The number of sulfonamides is 1. The standard InChI is InChI=1S/C9H20N2O2S/c1-4-14(12,13)11-7-5-6-10(3)8-9(11)2/h9H,4-8H2,1-3H3. The molecule has 0 aromatic heterocycles. The van der Waals surface area contributed by atoms with E-state index < -0.39 is 10.0 Å². The Labute approximate surface area is 86.9 Å². The minimum Gasteiger partial charge on any atom is -0.305 e. The molecular formula is C9H20N2O2S. The minimum atomic E-state index is -3.01. The summed E-state index contributed by atoms with van der Waals surface area (Å²) in [5.41, 5.74) is 0. The van der Waals surface area contributed by atoms with Crippen LogP contribution in [0.15, 0.2) is 0 Å². The summed E-state index contributed by atoms with van der Waals surface area (Å²) in [7, 11) is -0.970. The maximum atomic E-state index is 11.7. The van der Waals surface area contributed by atoms with Gasteiger partial charge < -0.3 is 4.90 Å². The van der Waals surface area contributed by atoms with Gasteiger partial charge in [0.2, 0.25) is 10.0 Å². The maximum Gasteiger partial charge on any atom is 0.214 e. The van der Waals surface area contributed by atoms with E-state index in [1.54, 1.807) is 11.2 Å². The molecule has 1 saturated heterocycles. The molecule has 1 aliphatic rings. The Kier molecular flexibility index (Phi) is 3.92. The fourth-order valence-electron chi connectivity index (χ4n) is 1.93. The molecule has 1 heterocycles. The van der Waals surface area contributed by atoms with Crippen molar-refractivity contribution in [3.8, 4) is 0 Å². The van der Waals surface area contributed by atoms with Crippen LogP contribution < -0.4 is 0 Å². The second-order valence-electron chi connectivity index (χ2n) is 3.98. The molecule has 5 heteroatoms. The van der Waals surface area contributed by atoms with Gasteiger partial charge in [0.05, 0.1) is 5.75 Å². The Balaban J connectivity index is 2.78. The predicted octanol–water partition coefficient (Wildman–Crippen LogP) is 0.362. The van der Waals surface area contributed by atoms with Gasteiger partial charge in [0.1, 0.15) is 0 Å². The van der Waals surface area contributed by atoms with E-state index >= 15 is 0 Å². The van der Waals surface area contributed by atoms with Gasteiger partial charge in [-0.2, -0.15) is 4.31 Å². The highest BCUT2D eigenvalue weighted by Crippen LogP contribution is 2.13. The van der Waals surface area contributed by atoms with Crippen molar-refractivity contribution in [2.75, 3.05) is 32.4 Å². The maximum absolute atomic E-state index is 11.7. The highest BCUT2D eigenvalue weighted by atomic mass is 32.2. The van der Waals surface area contributed by atoms with E-state index in [-0.39, 0.29) is 11.8 Å². The van der Waals surface area contributed by atoms with Crippen molar-refractivity contribution in [2.24, 2.45) is 0 Å². The molecule has 0 aromatic rings. The van der Waals surface area contributed by atoms with E-state index in [0.717, 1.165) is 19.5 Å². The predicted molar refractivity (Wildman–Crippen MR) is 57.7 cm³/mol. The molecule has 84 valence electrons. The van der Waals surface area contributed by atoms with Crippen molar-refractivity contribution < 1.29 is 8.42 Å². The van der Waals surface area contributed by atoms with E-state index in [0.29, 0.717) is 6.54 Å². The van der Waals surface area contributed by atoms with Crippen LogP contribution in [-0.2, 0) is 10.0 Å². The number of hydrogen-bond donors (Lipinski definition) is 0. The normalized spacial score (nSPS) is 27.5. The van der Waals surface area contributed by atoms with Crippen molar-refractivity contribution in [2.45, 2.75) is 26.3 Å². The first-order valence-electron chi connectivity index (χ1n) is 5.15. The number of rotatable bonds is 2. The van der Waals surface area contributed by atoms with Crippen LogP contribution in [0.4, 0.5) is 0 Å². The Morgan fingerprint density at radius 1 is 1.36 bits per heavy atom. The first kappa shape index (κ1) is 11.9. The third-order valence-corrected chi connectivity index (χ3v) is 4.69. The van der Waals surface area contributed by atoms with Crippen LogP contribution >= 0.6 is 0 Å². The molecule has 1 rings (SSSR count). The van der Waals surface area contributed by atoms with Crippen molar-refractivity contribution in [3.05, 3.63) is 0 Å². The van der Waals surface area contributed by atoms with Gasteiger partial charge in [-0.15, -0.1) is 0 Å². The Morgan fingerprint density at radius 3 is 2.57 bits per heavy atom. The Bertz CT molecular complexity index is 277. The Morgan fingerprint density at radius 2 is 2.00 bits per heavy atom. The second kappa shape index (κ2) is 4.59.